The Kier molecular flexibility index (Phi) is 4.07. The molecule has 2 aromatic rings. The van der Waals surface area contributed by atoms with E-state index in [-0.39, 0.29) is 17.9 Å². The molecule has 1 saturated heterocycles. The van der Waals surface area contributed by atoms with Crippen LogP contribution in [0.25, 0.3) is 0 Å². The molecule has 1 amide bonds. The quantitative estimate of drug-likeness (QED) is 0.907. The van der Waals surface area contributed by atoms with Crippen molar-refractivity contribution in [3.63, 3.8) is 0 Å². The molecule has 25 heavy (non-hydrogen) atoms. The van der Waals surface area contributed by atoms with Gasteiger partial charge in [-0.25, -0.2) is 5.43 Å². The summed E-state index contributed by atoms with van der Waals surface area (Å²) < 4.78 is 0. The van der Waals surface area contributed by atoms with Crippen molar-refractivity contribution in [2.45, 2.75) is 13.0 Å². The maximum absolute atomic E-state index is 12.5. The second-order valence-corrected chi connectivity index (χ2v) is 6.33. The Bertz CT molecular complexity index is 844. The van der Waals surface area contributed by atoms with Crippen molar-refractivity contribution in [3.8, 4) is 0 Å². The standard InChI is InChI=1S/C20H20N4O/c1-14-10-11-21-18(12-14)20(25)23-17-8-5-9-19-16(17)13-22-24(19)15-6-3-2-4-7-15/h2-12,16-17,22H,13H2,1H3,(H,23,25). The Labute approximate surface area is 147 Å². The molecular weight excluding hydrogens is 312 g/mol. The summed E-state index contributed by atoms with van der Waals surface area (Å²) in [7, 11) is 0. The molecule has 2 unspecified atom stereocenters. The van der Waals surface area contributed by atoms with Crippen LogP contribution in [0.1, 0.15) is 16.1 Å². The van der Waals surface area contributed by atoms with Crippen LogP contribution >= 0.6 is 0 Å². The van der Waals surface area contributed by atoms with Crippen molar-refractivity contribution in [3.05, 3.63) is 83.8 Å². The number of carbonyl (C=O) groups excluding carboxylic acids is 1. The summed E-state index contributed by atoms with van der Waals surface area (Å²) in [5.41, 5.74) is 7.16. The number of allylic oxidation sites excluding steroid dienone is 2. The number of pyridine rings is 1. The average molecular weight is 332 g/mol. The first kappa shape index (κ1) is 15.6. The van der Waals surface area contributed by atoms with E-state index in [1.54, 1.807) is 6.20 Å². The van der Waals surface area contributed by atoms with E-state index < -0.39 is 0 Å². The zero-order valence-corrected chi connectivity index (χ0v) is 14.0. The maximum Gasteiger partial charge on any atom is 0.270 e. The van der Waals surface area contributed by atoms with E-state index in [9.17, 15) is 4.79 Å². The fraction of sp³-hybridized carbons (Fsp3) is 0.200. The minimum Gasteiger partial charge on any atom is -0.344 e. The second-order valence-electron chi connectivity index (χ2n) is 6.33. The molecule has 1 fully saturated rings. The SMILES string of the molecule is Cc1ccnc(C(=O)NC2C=CC=C3C2CNN3c2ccccc2)c1. The van der Waals surface area contributed by atoms with Gasteiger partial charge < -0.3 is 5.32 Å². The molecule has 0 spiro atoms. The fourth-order valence-electron chi connectivity index (χ4n) is 3.32. The van der Waals surface area contributed by atoms with Gasteiger partial charge in [0, 0.05) is 24.4 Å². The van der Waals surface area contributed by atoms with E-state index in [2.05, 4.69) is 38.9 Å². The molecular formula is C20H20N4O. The molecule has 2 N–H and O–H groups in total. The monoisotopic (exact) mass is 332 g/mol. The number of hydrazine groups is 1. The number of benzene rings is 1. The summed E-state index contributed by atoms with van der Waals surface area (Å²) in [5.74, 6) is 0.0525. The third-order valence-electron chi connectivity index (χ3n) is 4.59. The third kappa shape index (κ3) is 3.06. The number of hydrogen-bond acceptors (Lipinski definition) is 4. The third-order valence-corrected chi connectivity index (χ3v) is 4.59. The van der Waals surface area contributed by atoms with E-state index in [1.165, 1.54) is 0 Å². The molecule has 2 atom stereocenters. The number of amides is 1. The van der Waals surface area contributed by atoms with Crippen LogP contribution in [0.3, 0.4) is 0 Å². The van der Waals surface area contributed by atoms with Crippen LogP contribution < -0.4 is 15.8 Å². The zero-order chi connectivity index (χ0) is 17.2. The van der Waals surface area contributed by atoms with Crippen LogP contribution in [0.15, 0.2) is 72.6 Å². The maximum atomic E-state index is 12.5. The molecule has 0 saturated carbocycles. The van der Waals surface area contributed by atoms with Gasteiger partial charge in [-0.1, -0.05) is 30.4 Å². The number of aromatic nitrogens is 1. The van der Waals surface area contributed by atoms with Crippen molar-refractivity contribution >= 4 is 11.6 Å². The van der Waals surface area contributed by atoms with Gasteiger partial charge in [-0.3, -0.25) is 14.8 Å². The Hall–Kier alpha value is -2.92. The molecule has 4 rings (SSSR count). The minimum atomic E-state index is -0.141. The van der Waals surface area contributed by atoms with Crippen LogP contribution in [0, 0.1) is 12.8 Å². The molecule has 5 nitrogen and oxygen atoms in total. The lowest BCUT2D eigenvalue weighted by Crippen LogP contribution is -2.41. The molecule has 0 bridgehead atoms. The summed E-state index contributed by atoms with van der Waals surface area (Å²) in [6.07, 6.45) is 7.81. The van der Waals surface area contributed by atoms with Crippen LogP contribution in [0.4, 0.5) is 5.69 Å². The highest BCUT2D eigenvalue weighted by molar-refractivity contribution is 5.92. The number of anilines is 1. The molecule has 1 aliphatic heterocycles. The molecule has 1 aliphatic carbocycles. The predicted molar refractivity (Wildman–Crippen MR) is 97.9 cm³/mol. The van der Waals surface area contributed by atoms with E-state index in [0.717, 1.165) is 23.5 Å². The normalized spacial score (nSPS) is 21.6. The number of nitrogens with zero attached hydrogens (tertiary/aromatic N) is 2. The zero-order valence-electron chi connectivity index (χ0n) is 14.0. The minimum absolute atomic E-state index is 0.0592. The number of carbonyl (C=O) groups is 1. The van der Waals surface area contributed by atoms with Gasteiger partial charge in [0.25, 0.3) is 5.91 Å². The van der Waals surface area contributed by atoms with Gasteiger partial charge in [0.1, 0.15) is 5.69 Å². The van der Waals surface area contributed by atoms with Crippen LogP contribution in [-0.4, -0.2) is 23.5 Å². The molecule has 1 aromatic carbocycles. The largest absolute Gasteiger partial charge is 0.344 e. The van der Waals surface area contributed by atoms with Gasteiger partial charge in [-0.05, 0) is 42.8 Å². The Morgan fingerprint density at radius 1 is 1.28 bits per heavy atom. The summed E-state index contributed by atoms with van der Waals surface area (Å²) in [6.45, 7) is 2.73. The highest BCUT2D eigenvalue weighted by Crippen LogP contribution is 2.31. The van der Waals surface area contributed by atoms with Gasteiger partial charge in [0.05, 0.1) is 11.7 Å². The van der Waals surface area contributed by atoms with Crippen molar-refractivity contribution in [2.75, 3.05) is 11.6 Å². The summed E-state index contributed by atoms with van der Waals surface area (Å²) >= 11 is 0. The van der Waals surface area contributed by atoms with Crippen molar-refractivity contribution < 1.29 is 4.79 Å². The highest BCUT2D eigenvalue weighted by atomic mass is 16.1. The lowest BCUT2D eigenvalue weighted by molar-refractivity contribution is 0.0932. The van der Waals surface area contributed by atoms with Crippen molar-refractivity contribution in [1.29, 1.82) is 0 Å². The van der Waals surface area contributed by atoms with Crippen LogP contribution in [0.2, 0.25) is 0 Å². The lowest BCUT2D eigenvalue weighted by Gasteiger charge is -2.27. The molecule has 0 radical (unpaired) electrons. The van der Waals surface area contributed by atoms with Crippen molar-refractivity contribution in [2.24, 2.45) is 5.92 Å². The number of aryl methyl sites for hydroxylation is 1. The van der Waals surface area contributed by atoms with E-state index >= 15 is 0 Å². The van der Waals surface area contributed by atoms with Crippen molar-refractivity contribution in [1.82, 2.24) is 15.7 Å². The molecule has 2 heterocycles. The summed E-state index contributed by atoms with van der Waals surface area (Å²) in [6, 6.07) is 13.8. The number of para-hydroxylation sites is 1. The molecule has 2 aliphatic rings. The van der Waals surface area contributed by atoms with Gasteiger partial charge in [-0.15, -0.1) is 0 Å². The van der Waals surface area contributed by atoms with Gasteiger partial charge in [0.2, 0.25) is 0 Å². The average Bonchev–Trinajstić information content (AvgIpc) is 3.07. The fourth-order valence-corrected chi connectivity index (χ4v) is 3.32. The molecule has 126 valence electrons. The van der Waals surface area contributed by atoms with E-state index in [1.807, 2.05) is 49.4 Å². The van der Waals surface area contributed by atoms with E-state index in [4.69, 9.17) is 0 Å². The van der Waals surface area contributed by atoms with Crippen LogP contribution in [0.5, 0.6) is 0 Å². The van der Waals surface area contributed by atoms with Gasteiger partial charge in [0.15, 0.2) is 0 Å². The smallest absolute Gasteiger partial charge is 0.270 e. The lowest BCUT2D eigenvalue weighted by atomic mass is 9.92. The number of hydrogen-bond donors (Lipinski definition) is 2. The predicted octanol–water partition coefficient (Wildman–Crippen LogP) is 2.58. The Morgan fingerprint density at radius 3 is 2.92 bits per heavy atom. The summed E-state index contributed by atoms with van der Waals surface area (Å²) in [4.78, 5) is 16.7. The Morgan fingerprint density at radius 2 is 2.12 bits per heavy atom. The van der Waals surface area contributed by atoms with Crippen LogP contribution in [-0.2, 0) is 0 Å². The molecule has 5 heteroatoms. The number of fused-ring (bicyclic) bond motifs is 1. The number of nitrogens with one attached hydrogen (secondary N) is 2. The first-order valence-electron chi connectivity index (χ1n) is 8.43. The number of rotatable bonds is 3. The highest BCUT2D eigenvalue weighted by Gasteiger charge is 2.35. The van der Waals surface area contributed by atoms with Gasteiger partial charge >= 0.3 is 0 Å². The first-order valence-corrected chi connectivity index (χ1v) is 8.43. The topological polar surface area (TPSA) is 57.3 Å². The summed E-state index contributed by atoms with van der Waals surface area (Å²) in [5, 5.41) is 5.21. The van der Waals surface area contributed by atoms with E-state index in [0.29, 0.717) is 5.69 Å². The Balaban J connectivity index is 1.52. The molecule has 1 aromatic heterocycles. The first-order chi connectivity index (χ1) is 12.2. The second kappa shape index (κ2) is 6.53. The van der Waals surface area contributed by atoms with Gasteiger partial charge in [-0.2, -0.15) is 0 Å².